The quantitative estimate of drug-likeness (QED) is 0.898. The molecule has 1 aliphatic rings. The van der Waals surface area contributed by atoms with E-state index in [4.69, 9.17) is 0 Å². The lowest BCUT2D eigenvalue weighted by atomic mass is 9.97. The van der Waals surface area contributed by atoms with E-state index in [1.807, 2.05) is 30.0 Å². The lowest BCUT2D eigenvalue weighted by Crippen LogP contribution is -2.31. The number of rotatable bonds is 4. The summed E-state index contributed by atoms with van der Waals surface area (Å²) in [6, 6.07) is 18.8. The SMILES string of the molecule is C[C@@H](CC(=O)N[C@@H]1CCSc2ccccc21)c1ccccc1. The molecule has 0 fully saturated rings. The van der Waals surface area contributed by atoms with E-state index >= 15 is 0 Å². The highest BCUT2D eigenvalue weighted by Gasteiger charge is 2.22. The Morgan fingerprint density at radius 2 is 1.91 bits per heavy atom. The van der Waals surface area contributed by atoms with Crippen molar-refractivity contribution in [2.24, 2.45) is 0 Å². The number of amides is 1. The number of nitrogens with one attached hydrogen (secondary N) is 1. The Kier molecular flexibility index (Phi) is 4.84. The smallest absolute Gasteiger partial charge is 0.221 e. The van der Waals surface area contributed by atoms with Crippen molar-refractivity contribution in [3.05, 3.63) is 65.7 Å². The Morgan fingerprint density at radius 3 is 2.73 bits per heavy atom. The van der Waals surface area contributed by atoms with Gasteiger partial charge in [0.2, 0.25) is 5.91 Å². The molecule has 1 N–H and O–H groups in total. The highest BCUT2D eigenvalue weighted by atomic mass is 32.2. The molecule has 2 atom stereocenters. The minimum Gasteiger partial charge on any atom is -0.349 e. The van der Waals surface area contributed by atoms with Crippen molar-refractivity contribution < 1.29 is 4.79 Å². The van der Waals surface area contributed by atoms with Gasteiger partial charge in [0.05, 0.1) is 6.04 Å². The van der Waals surface area contributed by atoms with Crippen LogP contribution in [0.2, 0.25) is 0 Å². The molecule has 0 aliphatic carbocycles. The third kappa shape index (κ3) is 3.53. The van der Waals surface area contributed by atoms with Gasteiger partial charge in [-0.15, -0.1) is 11.8 Å². The van der Waals surface area contributed by atoms with Gasteiger partial charge in [-0.3, -0.25) is 4.79 Å². The summed E-state index contributed by atoms with van der Waals surface area (Å²) in [5.41, 5.74) is 2.48. The van der Waals surface area contributed by atoms with Crippen LogP contribution in [0.5, 0.6) is 0 Å². The van der Waals surface area contributed by atoms with Crippen LogP contribution in [0.4, 0.5) is 0 Å². The number of carbonyl (C=O) groups excluding carboxylic acids is 1. The van der Waals surface area contributed by atoms with Gasteiger partial charge in [0, 0.05) is 17.1 Å². The summed E-state index contributed by atoms with van der Waals surface area (Å²) < 4.78 is 0. The molecule has 0 radical (unpaired) electrons. The number of hydrogen-bond acceptors (Lipinski definition) is 2. The Morgan fingerprint density at radius 1 is 1.18 bits per heavy atom. The summed E-state index contributed by atoms with van der Waals surface area (Å²) in [6.07, 6.45) is 1.54. The van der Waals surface area contributed by atoms with Crippen LogP contribution >= 0.6 is 11.8 Å². The first-order valence-electron chi connectivity index (χ1n) is 7.80. The van der Waals surface area contributed by atoms with E-state index in [1.165, 1.54) is 16.0 Å². The molecule has 0 unspecified atom stereocenters. The second-order valence-corrected chi connectivity index (χ2v) is 6.95. The van der Waals surface area contributed by atoms with Gasteiger partial charge < -0.3 is 5.32 Å². The molecule has 3 heteroatoms. The monoisotopic (exact) mass is 311 g/mol. The zero-order valence-electron chi connectivity index (χ0n) is 12.8. The molecular formula is C19H21NOS. The highest BCUT2D eigenvalue weighted by Crippen LogP contribution is 2.36. The lowest BCUT2D eigenvalue weighted by molar-refractivity contribution is -0.122. The van der Waals surface area contributed by atoms with Gasteiger partial charge in [-0.1, -0.05) is 55.5 Å². The number of carbonyl (C=O) groups is 1. The zero-order chi connectivity index (χ0) is 15.4. The van der Waals surface area contributed by atoms with E-state index in [1.54, 1.807) is 0 Å². The average Bonchev–Trinajstić information content (AvgIpc) is 2.56. The minimum absolute atomic E-state index is 0.142. The van der Waals surface area contributed by atoms with Crippen molar-refractivity contribution in [2.45, 2.75) is 36.6 Å². The summed E-state index contributed by atoms with van der Waals surface area (Å²) in [7, 11) is 0. The summed E-state index contributed by atoms with van der Waals surface area (Å²) in [5, 5.41) is 3.22. The third-order valence-electron chi connectivity index (χ3n) is 4.15. The standard InChI is InChI=1S/C19H21NOS/c1-14(15-7-3-2-4-8-15)13-19(21)20-17-11-12-22-18-10-6-5-9-16(17)18/h2-10,14,17H,11-13H2,1H3,(H,20,21)/t14-,17+/m0/s1. The largest absolute Gasteiger partial charge is 0.349 e. The normalized spacial score (nSPS) is 18.3. The predicted octanol–water partition coefficient (Wildman–Crippen LogP) is 4.53. The van der Waals surface area contributed by atoms with Gasteiger partial charge in [-0.25, -0.2) is 0 Å². The maximum atomic E-state index is 12.4. The molecule has 1 heterocycles. The fraction of sp³-hybridized carbons (Fsp3) is 0.316. The van der Waals surface area contributed by atoms with E-state index in [9.17, 15) is 4.79 Å². The first-order chi connectivity index (χ1) is 10.7. The van der Waals surface area contributed by atoms with Gasteiger partial charge in [-0.2, -0.15) is 0 Å². The van der Waals surface area contributed by atoms with Crippen molar-refractivity contribution in [3.63, 3.8) is 0 Å². The second kappa shape index (κ2) is 7.01. The Bertz CT molecular complexity index is 641. The van der Waals surface area contributed by atoms with E-state index in [0.29, 0.717) is 6.42 Å². The number of fused-ring (bicyclic) bond motifs is 1. The average molecular weight is 311 g/mol. The van der Waals surface area contributed by atoms with Gasteiger partial charge in [0.15, 0.2) is 0 Å². The fourth-order valence-corrected chi connectivity index (χ4v) is 4.05. The molecule has 3 rings (SSSR count). The summed E-state index contributed by atoms with van der Waals surface area (Å²) in [6.45, 7) is 2.11. The molecule has 1 amide bonds. The molecule has 0 spiro atoms. The van der Waals surface area contributed by atoms with Gasteiger partial charge in [0.1, 0.15) is 0 Å². The zero-order valence-corrected chi connectivity index (χ0v) is 13.6. The number of benzene rings is 2. The maximum Gasteiger partial charge on any atom is 0.221 e. The summed E-state index contributed by atoms with van der Waals surface area (Å²) in [5.74, 6) is 1.45. The van der Waals surface area contributed by atoms with Crippen molar-refractivity contribution in [3.8, 4) is 0 Å². The predicted molar refractivity (Wildman–Crippen MR) is 92.1 cm³/mol. The van der Waals surface area contributed by atoms with E-state index in [-0.39, 0.29) is 17.9 Å². The molecule has 0 saturated heterocycles. The van der Waals surface area contributed by atoms with E-state index < -0.39 is 0 Å². The van der Waals surface area contributed by atoms with Gasteiger partial charge in [-0.05, 0) is 29.5 Å². The van der Waals surface area contributed by atoms with Crippen molar-refractivity contribution in [2.75, 3.05) is 5.75 Å². The topological polar surface area (TPSA) is 29.1 Å². The van der Waals surface area contributed by atoms with Gasteiger partial charge >= 0.3 is 0 Å². The molecule has 2 aromatic rings. The highest BCUT2D eigenvalue weighted by molar-refractivity contribution is 7.99. The summed E-state index contributed by atoms with van der Waals surface area (Å²) >= 11 is 1.88. The van der Waals surface area contributed by atoms with Crippen LogP contribution in [0, 0.1) is 0 Å². The van der Waals surface area contributed by atoms with Crippen molar-refractivity contribution in [1.29, 1.82) is 0 Å². The van der Waals surface area contributed by atoms with Crippen LogP contribution in [0.3, 0.4) is 0 Å². The Hall–Kier alpha value is -1.74. The van der Waals surface area contributed by atoms with Gasteiger partial charge in [0.25, 0.3) is 0 Å². The van der Waals surface area contributed by atoms with Crippen LogP contribution in [0.1, 0.15) is 42.9 Å². The van der Waals surface area contributed by atoms with Crippen molar-refractivity contribution in [1.82, 2.24) is 5.32 Å². The van der Waals surface area contributed by atoms with Crippen LogP contribution < -0.4 is 5.32 Å². The molecule has 0 saturated carbocycles. The first kappa shape index (κ1) is 15.2. The molecule has 2 nitrogen and oxygen atoms in total. The molecule has 0 bridgehead atoms. The molecular weight excluding hydrogens is 290 g/mol. The fourth-order valence-electron chi connectivity index (χ4n) is 2.92. The third-order valence-corrected chi connectivity index (χ3v) is 5.28. The van der Waals surface area contributed by atoms with E-state index in [0.717, 1.165) is 12.2 Å². The molecule has 2 aromatic carbocycles. The lowest BCUT2D eigenvalue weighted by Gasteiger charge is -2.26. The van der Waals surface area contributed by atoms with Crippen LogP contribution in [-0.4, -0.2) is 11.7 Å². The van der Waals surface area contributed by atoms with Crippen molar-refractivity contribution >= 4 is 17.7 Å². The molecule has 0 aromatic heterocycles. The molecule has 114 valence electrons. The Labute approximate surface area is 136 Å². The summed E-state index contributed by atoms with van der Waals surface area (Å²) in [4.78, 5) is 13.7. The Balaban J connectivity index is 1.63. The maximum absolute atomic E-state index is 12.4. The second-order valence-electron chi connectivity index (χ2n) is 5.81. The number of thioether (sulfide) groups is 1. The van der Waals surface area contributed by atoms with Crippen LogP contribution in [-0.2, 0) is 4.79 Å². The number of hydrogen-bond donors (Lipinski definition) is 1. The molecule has 22 heavy (non-hydrogen) atoms. The van der Waals surface area contributed by atoms with E-state index in [2.05, 4.69) is 48.6 Å². The minimum atomic E-state index is 0.142. The van der Waals surface area contributed by atoms with Crippen LogP contribution in [0.25, 0.3) is 0 Å². The molecule has 1 aliphatic heterocycles. The van der Waals surface area contributed by atoms with Crippen LogP contribution in [0.15, 0.2) is 59.5 Å². The first-order valence-corrected chi connectivity index (χ1v) is 8.78.